The van der Waals surface area contributed by atoms with Crippen molar-refractivity contribution in [1.29, 1.82) is 0 Å². The summed E-state index contributed by atoms with van der Waals surface area (Å²) in [5, 5.41) is 17.5. The van der Waals surface area contributed by atoms with E-state index in [1.54, 1.807) is 0 Å². The quantitative estimate of drug-likeness (QED) is 0.0692. The van der Waals surface area contributed by atoms with Crippen molar-refractivity contribution >= 4 is 69.9 Å². The van der Waals surface area contributed by atoms with Crippen LogP contribution in [-0.2, 0) is 19.6 Å². The van der Waals surface area contributed by atoms with E-state index in [0.29, 0.717) is 6.61 Å². The molecule has 0 unspecified atom stereocenters. The lowest BCUT2D eigenvalue weighted by molar-refractivity contribution is 0.203. The highest BCUT2D eigenvalue weighted by atomic mass is 35.5. The van der Waals surface area contributed by atoms with E-state index in [1.807, 2.05) is 41.7 Å². The van der Waals surface area contributed by atoms with Crippen LogP contribution in [0.2, 0.25) is 0 Å². The summed E-state index contributed by atoms with van der Waals surface area (Å²) in [6.07, 6.45) is 10.3. The highest BCUT2D eigenvalue weighted by molar-refractivity contribution is 5.87. The van der Waals surface area contributed by atoms with Gasteiger partial charge in [-0.25, -0.2) is 0 Å². The zero-order chi connectivity index (χ0) is 52.3. The van der Waals surface area contributed by atoms with Gasteiger partial charge in [0.2, 0.25) is 17.6 Å². The Hall–Kier alpha value is -6.12. The number of ether oxygens (including phenoxy) is 3. The molecule has 0 radical (unpaired) electrons. The van der Waals surface area contributed by atoms with Crippen LogP contribution in [0.5, 0.6) is 17.6 Å². The van der Waals surface area contributed by atoms with Crippen LogP contribution in [0.1, 0.15) is 79.2 Å². The standard InChI is InChI=1S/C23H29N3O.C22H27N3O.C19H23N3O.3ClH/c1-19-11-12-22-21(17-19)23(24-26(22)18-20-9-4-2-5-10-20)27-16-8-15-25-13-6-3-7-14-25;1-3-10-19(11-4-1)18-25-21-13-6-5-12-20(21)22(23-25)26-17-9-16-24-14-7-2-8-15-24;1-15-9-10-18-17(13-15)19(23-12-11-21(2)3)20-22(18)14-16-7-5-4-6-8-16;;;/h2,4-5,9-12,17H,3,6-8,13-16,18H2,1H3;1,3-6,10-13H,2,7-9,14-18H2;4-10,13H,11-12,14H2,1-3H3;3*1H. The second-order valence-corrected chi connectivity index (χ2v) is 20.8. The fourth-order valence-corrected chi connectivity index (χ4v) is 10.2. The third-order valence-corrected chi connectivity index (χ3v) is 14.3. The maximum atomic E-state index is 6.13. The number of aryl methyl sites for hydroxylation is 2. The molecule has 0 saturated carbocycles. The lowest BCUT2D eigenvalue weighted by atomic mass is 10.1. The molecule has 0 atom stereocenters. The number of piperidine rings is 2. The number of halogens is 3. The number of likely N-dealkylation sites (N-methyl/N-ethyl adjacent to an activating group) is 1. The molecule has 5 heterocycles. The fraction of sp³-hybridized carbons (Fsp3) is 0.391. The van der Waals surface area contributed by atoms with Crippen LogP contribution in [0.4, 0.5) is 0 Å². The summed E-state index contributed by atoms with van der Waals surface area (Å²) in [5.74, 6) is 2.25. The number of likely N-dealkylation sites (tertiary alicyclic amines) is 2. The molecule has 15 heteroatoms. The third-order valence-electron chi connectivity index (χ3n) is 14.3. The second kappa shape index (κ2) is 32.2. The Bertz CT molecular complexity index is 3160. The molecule has 0 N–H and O–H groups in total. The van der Waals surface area contributed by atoms with Gasteiger partial charge in [0, 0.05) is 19.6 Å². The Labute approximate surface area is 487 Å². The Morgan fingerprint density at radius 1 is 0.405 bits per heavy atom. The molecule has 0 bridgehead atoms. The molecular formula is C64H82Cl3N9O3. The monoisotopic (exact) mass is 1130 g/mol. The van der Waals surface area contributed by atoms with Gasteiger partial charge in [0.25, 0.3) is 0 Å². The molecule has 0 amide bonds. The molecule has 11 rings (SSSR count). The van der Waals surface area contributed by atoms with Crippen LogP contribution in [-0.4, -0.2) is 124 Å². The molecule has 0 spiro atoms. The fourth-order valence-electron chi connectivity index (χ4n) is 10.2. The van der Waals surface area contributed by atoms with Crippen LogP contribution in [0.15, 0.2) is 152 Å². The van der Waals surface area contributed by atoms with E-state index >= 15 is 0 Å². The summed E-state index contributed by atoms with van der Waals surface area (Å²) in [7, 11) is 4.08. The highest BCUT2D eigenvalue weighted by Crippen LogP contribution is 2.29. The number of aromatic nitrogens is 6. The van der Waals surface area contributed by atoms with Crippen molar-refractivity contribution in [3.63, 3.8) is 0 Å². The zero-order valence-corrected chi connectivity index (χ0v) is 49.2. The van der Waals surface area contributed by atoms with Gasteiger partial charge in [-0.1, -0.05) is 139 Å². The van der Waals surface area contributed by atoms with Crippen molar-refractivity contribution in [3.8, 4) is 17.6 Å². The van der Waals surface area contributed by atoms with Crippen molar-refractivity contribution in [2.24, 2.45) is 0 Å². The zero-order valence-electron chi connectivity index (χ0n) is 46.8. The van der Waals surface area contributed by atoms with Crippen LogP contribution >= 0.6 is 37.2 Å². The largest absolute Gasteiger partial charge is 0.476 e. The number of rotatable bonds is 20. The lowest BCUT2D eigenvalue weighted by Crippen LogP contribution is -2.31. The molecule has 2 saturated heterocycles. The molecule has 6 aromatic carbocycles. The first-order chi connectivity index (χ1) is 37.3. The summed E-state index contributed by atoms with van der Waals surface area (Å²) in [4.78, 5) is 7.22. The van der Waals surface area contributed by atoms with Crippen molar-refractivity contribution in [2.75, 3.05) is 79.7 Å². The first-order valence-electron chi connectivity index (χ1n) is 27.8. The van der Waals surface area contributed by atoms with E-state index in [1.165, 1.54) is 92.5 Å². The summed E-state index contributed by atoms with van der Waals surface area (Å²) >= 11 is 0. The third kappa shape index (κ3) is 18.2. The minimum Gasteiger partial charge on any atom is -0.476 e. The average Bonchev–Trinajstić information content (AvgIpc) is 4.15. The normalized spacial score (nSPS) is 13.6. The van der Waals surface area contributed by atoms with Crippen LogP contribution < -0.4 is 14.2 Å². The number of hydrogen-bond acceptors (Lipinski definition) is 9. The average molecular weight is 1130 g/mol. The van der Waals surface area contributed by atoms with Gasteiger partial charge in [0.05, 0.1) is 65.6 Å². The van der Waals surface area contributed by atoms with Crippen molar-refractivity contribution in [2.45, 2.75) is 84.8 Å². The van der Waals surface area contributed by atoms with Gasteiger partial charge < -0.3 is 28.9 Å². The molecule has 2 fully saturated rings. The van der Waals surface area contributed by atoms with E-state index in [4.69, 9.17) is 29.5 Å². The predicted octanol–water partition coefficient (Wildman–Crippen LogP) is 13.6. The molecule has 0 aliphatic carbocycles. The molecular weight excluding hydrogens is 1050 g/mol. The van der Waals surface area contributed by atoms with Gasteiger partial charge in [-0.3, -0.25) is 14.0 Å². The van der Waals surface area contributed by atoms with Crippen molar-refractivity contribution in [3.05, 3.63) is 179 Å². The van der Waals surface area contributed by atoms with Gasteiger partial charge in [-0.2, -0.15) is 0 Å². The molecule has 3 aromatic heterocycles. The van der Waals surface area contributed by atoms with Crippen molar-refractivity contribution < 1.29 is 14.2 Å². The molecule has 2 aliphatic heterocycles. The van der Waals surface area contributed by atoms with Crippen LogP contribution in [0, 0.1) is 13.8 Å². The lowest BCUT2D eigenvalue weighted by Gasteiger charge is -2.26. The van der Waals surface area contributed by atoms with Gasteiger partial charge >= 0.3 is 0 Å². The van der Waals surface area contributed by atoms with E-state index in [0.717, 1.165) is 116 Å². The summed E-state index contributed by atoms with van der Waals surface area (Å²) in [6, 6.07) is 52.5. The van der Waals surface area contributed by atoms with E-state index in [2.05, 4.69) is 167 Å². The van der Waals surface area contributed by atoms with Crippen molar-refractivity contribution in [1.82, 2.24) is 44.0 Å². The van der Waals surface area contributed by atoms with Gasteiger partial charge in [-0.05, 0) is 146 Å². The molecule has 79 heavy (non-hydrogen) atoms. The topological polar surface area (TPSA) is 90.9 Å². The number of nitrogens with zero attached hydrogens (tertiary/aromatic N) is 9. The first kappa shape index (κ1) is 62.1. The Kier molecular flexibility index (Phi) is 25.3. The summed E-state index contributed by atoms with van der Waals surface area (Å²) < 4.78 is 24.3. The number of fused-ring (bicyclic) bond motifs is 3. The van der Waals surface area contributed by atoms with Gasteiger partial charge in [0.1, 0.15) is 6.61 Å². The van der Waals surface area contributed by atoms with Crippen LogP contribution in [0.25, 0.3) is 32.7 Å². The Balaban J connectivity index is 0.000000188. The van der Waals surface area contributed by atoms with Gasteiger partial charge in [0.15, 0.2) is 0 Å². The number of hydrogen-bond donors (Lipinski definition) is 0. The highest BCUT2D eigenvalue weighted by Gasteiger charge is 2.17. The maximum Gasteiger partial charge on any atom is 0.240 e. The SMILES string of the molecule is Cc1ccc2c(c1)c(OCCCN1CCCCC1)nn2Cc1ccccc1.Cc1ccc2c(c1)c(OCCN(C)C)nn2Cc1ccccc1.Cl.Cl.Cl.c1ccc(Cn2nc(OCCCN3CCCCC3)c3ccccc32)cc1. The van der Waals surface area contributed by atoms with Crippen LogP contribution in [0.3, 0.4) is 0 Å². The molecule has 2 aliphatic rings. The number of benzene rings is 6. The second-order valence-electron chi connectivity index (χ2n) is 20.8. The molecule has 422 valence electrons. The predicted molar refractivity (Wildman–Crippen MR) is 332 cm³/mol. The molecule has 12 nitrogen and oxygen atoms in total. The minimum atomic E-state index is 0. The Morgan fingerprint density at radius 3 is 1.16 bits per heavy atom. The van der Waals surface area contributed by atoms with E-state index in [-0.39, 0.29) is 37.2 Å². The first-order valence-corrected chi connectivity index (χ1v) is 27.8. The summed E-state index contributed by atoms with van der Waals surface area (Å²) in [6.45, 7) is 16.7. The van der Waals surface area contributed by atoms with E-state index in [9.17, 15) is 0 Å². The Morgan fingerprint density at radius 2 is 0.759 bits per heavy atom. The number of para-hydroxylation sites is 1. The summed E-state index contributed by atoms with van der Waals surface area (Å²) in [5.41, 5.74) is 9.56. The van der Waals surface area contributed by atoms with Gasteiger partial charge in [-0.15, -0.1) is 52.5 Å². The minimum absolute atomic E-state index is 0. The smallest absolute Gasteiger partial charge is 0.240 e. The molecule has 9 aromatic rings. The van der Waals surface area contributed by atoms with E-state index < -0.39 is 0 Å². The maximum absolute atomic E-state index is 6.13.